The third-order valence-electron chi connectivity index (χ3n) is 2.82. The Morgan fingerprint density at radius 3 is 2.78 bits per heavy atom. The molecule has 118 valence electrons. The quantitative estimate of drug-likeness (QED) is 0.480. The first kappa shape index (κ1) is 17.1. The van der Waals surface area contributed by atoms with Crippen LogP contribution in [0.15, 0.2) is 60.2 Å². The topological polar surface area (TPSA) is 50.7 Å². The molecular weight excluding hydrogens is 335 g/mol. The van der Waals surface area contributed by atoms with Gasteiger partial charge in [0.15, 0.2) is 0 Å². The zero-order valence-electron chi connectivity index (χ0n) is 12.1. The zero-order chi connectivity index (χ0) is 16.7. The summed E-state index contributed by atoms with van der Waals surface area (Å²) in [5.74, 6) is 0.224. The van der Waals surface area contributed by atoms with Crippen LogP contribution >= 0.6 is 23.2 Å². The highest BCUT2D eigenvalue weighted by Gasteiger charge is 2.09. The summed E-state index contributed by atoms with van der Waals surface area (Å²) in [4.78, 5) is 12.0. The van der Waals surface area contributed by atoms with Crippen molar-refractivity contribution < 1.29 is 9.53 Å². The fourth-order valence-corrected chi connectivity index (χ4v) is 2.26. The van der Waals surface area contributed by atoms with Gasteiger partial charge in [-0.2, -0.15) is 5.10 Å². The van der Waals surface area contributed by atoms with Gasteiger partial charge in [-0.15, -0.1) is 0 Å². The van der Waals surface area contributed by atoms with Crippen LogP contribution in [-0.4, -0.2) is 18.7 Å². The summed E-state index contributed by atoms with van der Waals surface area (Å²) in [6.07, 6.45) is 3.15. The summed E-state index contributed by atoms with van der Waals surface area (Å²) in [6, 6.07) is 12.0. The van der Waals surface area contributed by atoms with E-state index in [1.165, 1.54) is 18.3 Å². The molecule has 1 N–H and O–H groups in total. The van der Waals surface area contributed by atoms with E-state index in [2.05, 4.69) is 17.1 Å². The van der Waals surface area contributed by atoms with Gasteiger partial charge in [-0.25, -0.2) is 5.43 Å². The molecule has 0 bridgehead atoms. The summed E-state index contributed by atoms with van der Waals surface area (Å²) in [6.45, 7) is 3.99. The number of ether oxygens (including phenoxy) is 1. The van der Waals surface area contributed by atoms with Crippen LogP contribution in [0.2, 0.25) is 10.0 Å². The molecule has 0 unspecified atom stereocenters. The predicted molar refractivity (Wildman–Crippen MR) is 93.7 cm³/mol. The van der Waals surface area contributed by atoms with Gasteiger partial charge in [-0.3, -0.25) is 4.79 Å². The largest absolute Gasteiger partial charge is 0.489 e. The first-order valence-corrected chi connectivity index (χ1v) is 7.48. The van der Waals surface area contributed by atoms with Gasteiger partial charge < -0.3 is 4.74 Å². The van der Waals surface area contributed by atoms with Crippen LogP contribution in [0.25, 0.3) is 0 Å². The second kappa shape index (κ2) is 8.36. The number of hydrogen-bond acceptors (Lipinski definition) is 3. The second-order valence-electron chi connectivity index (χ2n) is 4.46. The minimum Gasteiger partial charge on any atom is -0.489 e. The van der Waals surface area contributed by atoms with Crippen LogP contribution in [0.1, 0.15) is 15.9 Å². The molecule has 0 saturated heterocycles. The summed E-state index contributed by atoms with van der Waals surface area (Å²) >= 11 is 11.8. The van der Waals surface area contributed by atoms with Gasteiger partial charge in [0.2, 0.25) is 0 Å². The zero-order valence-corrected chi connectivity index (χ0v) is 13.6. The van der Waals surface area contributed by atoms with Gasteiger partial charge in [0.05, 0.1) is 16.8 Å². The fourth-order valence-electron chi connectivity index (χ4n) is 1.76. The number of halogens is 2. The first-order chi connectivity index (χ1) is 11.1. The van der Waals surface area contributed by atoms with E-state index < -0.39 is 5.91 Å². The van der Waals surface area contributed by atoms with Crippen molar-refractivity contribution in [1.29, 1.82) is 0 Å². The molecule has 2 rings (SSSR count). The normalized spacial score (nSPS) is 10.5. The lowest BCUT2D eigenvalue weighted by Gasteiger charge is -2.06. The van der Waals surface area contributed by atoms with E-state index >= 15 is 0 Å². The molecule has 0 aliphatic rings. The van der Waals surface area contributed by atoms with E-state index in [-0.39, 0.29) is 5.02 Å². The molecule has 0 atom stereocenters. The van der Waals surface area contributed by atoms with Gasteiger partial charge in [-0.05, 0) is 30.3 Å². The molecule has 1 amide bonds. The van der Waals surface area contributed by atoms with Crippen molar-refractivity contribution in [3.05, 3.63) is 76.3 Å². The van der Waals surface area contributed by atoms with Gasteiger partial charge in [0.25, 0.3) is 5.91 Å². The van der Waals surface area contributed by atoms with E-state index in [1.54, 1.807) is 12.1 Å². The second-order valence-corrected chi connectivity index (χ2v) is 5.30. The highest BCUT2D eigenvalue weighted by molar-refractivity contribution is 6.36. The Balaban J connectivity index is 2.06. The van der Waals surface area contributed by atoms with Gasteiger partial charge in [0, 0.05) is 10.6 Å². The van der Waals surface area contributed by atoms with Crippen LogP contribution in [0.5, 0.6) is 5.75 Å². The van der Waals surface area contributed by atoms with Crippen molar-refractivity contribution >= 4 is 35.3 Å². The predicted octanol–water partition coefficient (Wildman–Crippen LogP) is 4.32. The Kier molecular flexibility index (Phi) is 6.20. The molecule has 0 saturated carbocycles. The highest BCUT2D eigenvalue weighted by atomic mass is 35.5. The Labute approximate surface area is 144 Å². The number of carbonyl (C=O) groups excluding carboxylic acids is 1. The lowest BCUT2D eigenvalue weighted by molar-refractivity contribution is 0.0955. The number of carbonyl (C=O) groups is 1. The maximum Gasteiger partial charge on any atom is 0.272 e. The number of hydrazone groups is 1. The molecule has 0 aliphatic carbocycles. The van der Waals surface area contributed by atoms with E-state index in [0.29, 0.717) is 22.9 Å². The highest BCUT2D eigenvalue weighted by Crippen LogP contribution is 2.21. The van der Waals surface area contributed by atoms with Crippen molar-refractivity contribution in [3.8, 4) is 5.75 Å². The lowest BCUT2D eigenvalue weighted by Crippen LogP contribution is -2.18. The smallest absolute Gasteiger partial charge is 0.272 e. The van der Waals surface area contributed by atoms with E-state index in [9.17, 15) is 4.79 Å². The lowest BCUT2D eigenvalue weighted by atomic mass is 10.2. The third-order valence-corrected chi connectivity index (χ3v) is 3.37. The standard InChI is InChI=1S/C17H14Cl2N2O2/c1-2-9-23-16-6-4-3-5-12(16)11-20-21-17(22)14-8-7-13(18)10-15(14)19/h2-8,10-11H,1,9H2,(H,21,22)/b20-11-. The van der Waals surface area contributed by atoms with Crippen molar-refractivity contribution in [2.24, 2.45) is 5.10 Å². The minimum atomic E-state index is -0.424. The molecule has 2 aromatic carbocycles. The van der Waals surface area contributed by atoms with E-state index in [1.807, 2.05) is 24.3 Å². The molecule has 23 heavy (non-hydrogen) atoms. The fraction of sp³-hybridized carbons (Fsp3) is 0.0588. The van der Waals surface area contributed by atoms with Crippen LogP contribution in [-0.2, 0) is 0 Å². The number of nitrogens with one attached hydrogen (secondary N) is 1. The minimum absolute atomic E-state index is 0.264. The molecule has 0 radical (unpaired) electrons. The third kappa shape index (κ3) is 4.84. The SMILES string of the molecule is C=CCOc1ccccc1/C=N\NC(=O)c1ccc(Cl)cc1Cl. The maximum absolute atomic E-state index is 12.0. The molecule has 4 nitrogen and oxygen atoms in total. The Hall–Kier alpha value is -2.30. The average Bonchev–Trinajstić information content (AvgIpc) is 2.53. The monoisotopic (exact) mass is 348 g/mol. The maximum atomic E-state index is 12.0. The first-order valence-electron chi connectivity index (χ1n) is 6.73. The number of nitrogens with zero attached hydrogens (tertiary/aromatic N) is 1. The van der Waals surface area contributed by atoms with Crippen molar-refractivity contribution in [1.82, 2.24) is 5.43 Å². The van der Waals surface area contributed by atoms with E-state index in [4.69, 9.17) is 27.9 Å². The number of benzene rings is 2. The van der Waals surface area contributed by atoms with Crippen LogP contribution in [0, 0.1) is 0 Å². The summed E-state index contributed by atoms with van der Waals surface area (Å²) < 4.78 is 5.50. The van der Waals surface area contributed by atoms with Crippen LogP contribution in [0.3, 0.4) is 0 Å². The average molecular weight is 349 g/mol. The van der Waals surface area contributed by atoms with Crippen LogP contribution < -0.4 is 10.2 Å². The summed E-state index contributed by atoms with van der Waals surface area (Å²) in [5, 5.41) is 4.65. The Morgan fingerprint density at radius 2 is 2.04 bits per heavy atom. The number of amides is 1. The Bertz CT molecular complexity index is 745. The number of rotatable bonds is 6. The van der Waals surface area contributed by atoms with Crippen molar-refractivity contribution in [3.63, 3.8) is 0 Å². The summed E-state index contributed by atoms with van der Waals surface area (Å²) in [7, 11) is 0. The van der Waals surface area contributed by atoms with Gasteiger partial charge in [-0.1, -0.05) is 48.0 Å². The van der Waals surface area contributed by atoms with Crippen molar-refractivity contribution in [2.75, 3.05) is 6.61 Å². The number of hydrogen-bond donors (Lipinski definition) is 1. The molecule has 0 aromatic heterocycles. The van der Waals surface area contributed by atoms with Crippen LogP contribution in [0.4, 0.5) is 0 Å². The van der Waals surface area contributed by atoms with Gasteiger partial charge in [0.1, 0.15) is 12.4 Å². The van der Waals surface area contributed by atoms with Crippen molar-refractivity contribution in [2.45, 2.75) is 0 Å². The number of para-hydroxylation sites is 1. The molecule has 2 aromatic rings. The summed E-state index contributed by atoms with van der Waals surface area (Å²) in [5.41, 5.74) is 3.45. The molecule has 0 aliphatic heterocycles. The molecular formula is C17H14Cl2N2O2. The van der Waals surface area contributed by atoms with Gasteiger partial charge >= 0.3 is 0 Å². The molecule has 0 heterocycles. The molecule has 0 fully saturated rings. The molecule has 6 heteroatoms. The molecule has 0 spiro atoms. The Morgan fingerprint density at radius 1 is 1.26 bits per heavy atom. The van der Waals surface area contributed by atoms with E-state index in [0.717, 1.165) is 5.56 Å².